The van der Waals surface area contributed by atoms with Crippen molar-refractivity contribution in [3.63, 3.8) is 0 Å². The van der Waals surface area contributed by atoms with Crippen LogP contribution in [0.5, 0.6) is 5.75 Å². The molecule has 0 bridgehead atoms. The lowest BCUT2D eigenvalue weighted by atomic mass is 10.1. The molecule has 0 unspecified atom stereocenters. The Morgan fingerprint density at radius 3 is 2.06 bits per heavy atom. The van der Waals surface area contributed by atoms with Crippen molar-refractivity contribution in [3.05, 3.63) is 29.3 Å². The number of ether oxygens (including phenoxy) is 1. The molecule has 0 aliphatic rings. The van der Waals surface area contributed by atoms with Gasteiger partial charge in [-0.15, -0.1) is 24.8 Å². The highest BCUT2D eigenvalue weighted by molar-refractivity contribution is 5.94. The Bertz CT molecular complexity index is 391. The maximum atomic E-state index is 10.6. The standard InChI is InChI=1S/C9H8O5.2ClH/c1-14-7-4-5(8(10)11)2-3-6(7)9(12)13;;/h2-4H,1H3,(H,10,11)(H,12,13);2*1H. The topological polar surface area (TPSA) is 83.8 Å². The van der Waals surface area contributed by atoms with Crippen LogP contribution in [0.4, 0.5) is 0 Å². The molecule has 1 aromatic carbocycles. The normalized spacial score (nSPS) is 8.31. The first-order valence-electron chi connectivity index (χ1n) is 3.71. The Labute approximate surface area is 104 Å². The van der Waals surface area contributed by atoms with Crippen LogP contribution < -0.4 is 4.74 Å². The lowest BCUT2D eigenvalue weighted by Gasteiger charge is -2.04. The van der Waals surface area contributed by atoms with E-state index in [0.717, 1.165) is 0 Å². The summed E-state index contributed by atoms with van der Waals surface area (Å²) in [7, 11) is 1.29. The van der Waals surface area contributed by atoms with Gasteiger partial charge in [-0.05, 0) is 18.2 Å². The molecule has 0 heterocycles. The van der Waals surface area contributed by atoms with Crippen molar-refractivity contribution in [2.45, 2.75) is 0 Å². The van der Waals surface area contributed by atoms with Crippen molar-refractivity contribution < 1.29 is 24.5 Å². The van der Waals surface area contributed by atoms with Crippen molar-refractivity contribution in [1.29, 1.82) is 0 Å². The summed E-state index contributed by atoms with van der Waals surface area (Å²) >= 11 is 0. The third-order valence-corrected chi connectivity index (χ3v) is 1.68. The van der Waals surface area contributed by atoms with E-state index in [4.69, 9.17) is 14.9 Å². The second kappa shape index (κ2) is 6.92. The van der Waals surface area contributed by atoms with Crippen molar-refractivity contribution in [2.75, 3.05) is 7.11 Å². The predicted octanol–water partition coefficient (Wildman–Crippen LogP) is 1.94. The summed E-state index contributed by atoms with van der Waals surface area (Å²) < 4.78 is 4.75. The number of aromatic carboxylic acids is 2. The van der Waals surface area contributed by atoms with Crippen LogP contribution in [-0.2, 0) is 0 Å². The average Bonchev–Trinajstić information content (AvgIpc) is 2.16. The third kappa shape index (κ3) is 3.60. The fourth-order valence-electron chi connectivity index (χ4n) is 1.00. The van der Waals surface area contributed by atoms with Gasteiger partial charge in [0.2, 0.25) is 0 Å². The number of rotatable bonds is 3. The van der Waals surface area contributed by atoms with Gasteiger partial charge in [0.05, 0.1) is 12.7 Å². The van der Waals surface area contributed by atoms with Gasteiger partial charge in [-0.25, -0.2) is 9.59 Å². The number of carboxylic acids is 2. The lowest BCUT2D eigenvalue weighted by molar-refractivity contribution is 0.0678. The van der Waals surface area contributed by atoms with E-state index >= 15 is 0 Å². The molecule has 1 rings (SSSR count). The quantitative estimate of drug-likeness (QED) is 0.875. The van der Waals surface area contributed by atoms with Gasteiger partial charge in [0.15, 0.2) is 0 Å². The number of benzene rings is 1. The maximum Gasteiger partial charge on any atom is 0.339 e. The molecule has 0 fully saturated rings. The minimum Gasteiger partial charge on any atom is -0.496 e. The average molecular weight is 269 g/mol. The zero-order valence-electron chi connectivity index (χ0n) is 8.17. The van der Waals surface area contributed by atoms with Gasteiger partial charge < -0.3 is 14.9 Å². The van der Waals surface area contributed by atoms with E-state index in [1.807, 2.05) is 0 Å². The van der Waals surface area contributed by atoms with Crippen molar-refractivity contribution in [2.24, 2.45) is 0 Å². The van der Waals surface area contributed by atoms with E-state index in [9.17, 15) is 9.59 Å². The number of halogens is 2. The molecule has 1 aromatic rings. The van der Waals surface area contributed by atoms with Gasteiger partial charge in [-0.3, -0.25) is 0 Å². The molecule has 0 atom stereocenters. The van der Waals surface area contributed by atoms with Crippen molar-refractivity contribution in [3.8, 4) is 5.75 Å². The molecule has 0 saturated heterocycles. The lowest BCUT2D eigenvalue weighted by Crippen LogP contribution is -2.03. The van der Waals surface area contributed by atoms with Gasteiger partial charge >= 0.3 is 11.9 Å². The van der Waals surface area contributed by atoms with Crippen LogP contribution in [0, 0.1) is 0 Å². The number of hydrogen-bond acceptors (Lipinski definition) is 3. The Kier molecular flexibility index (Phi) is 7.33. The molecule has 7 heteroatoms. The highest BCUT2D eigenvalue weighted by Crippen LogP contribution is 2.20. The van der Waals surface area contributed by atoms with Crippen LogP contribution in [0.3, 0.4) is 0 Å². The molecular weight excluding hydrogens is 259 g/mol. The van der Waals surface area contributed by atoms with Crippen LogP contribution in [0.25, 0.3) is 0 Å². The minimum atomic E-state index is -1.15. The monoisotopic (exact) mass is 268 g/mol. The van der Waals surface area contributed by atoms with E-state index in [0.29, 0.717) is 0 Å². The fourth-order valence-corrected chi connectivity index (χ4v) is 1.00. The second-order valence-electron chi connectivity index (χ2n) is 2.53. The third-order valence-electron chi connectivity index (χ3n) is 1.68. The van der Waals surface area contributed by atoms with E-state index in [1.54, 1.807) is 0 Å². The molecule has 0 spiro atoms. The molecular formula is C9H10Cl2O5. The van der Waals surface area contributed by atoms with Crippen LogP contribution in [-0.4, -0.2) is 29.3 Å². The first-order chi connectivity index (χ1) is 6.56. The zero-order chi connectivity index (χ0) is 10.7. The molecule has 5 nitrogen and oxygen atoms in total. The van der Waals surface area contributed by atoms with Crippen LogP contribution in [0.2, 0.25) is 0 Å². The second-order valence-corrected chi connectivity index (χ2v) is 2.53. The Hall–Kier alpha value is -1.46. The van der Waals surface area contributed by atoms with Gasteiger partial charge in [-0.2, -0.15) is 0 Å². The molecule has 0 radical (unpaired) electrons. The highest BCUT2D eigenvalue weighted by atomic mass is 35.5. The molecule has 0 amide bonds. The molecule has 16 heavy (non-hydrogen) atoms. The molecule has 0 aliphatic heterocycles. The van der Waals surface area contributed by atoms with Crippen LogP contribution >= 0.6 is 24.8 Å². The molecule has 90 valence electrons. The van der Waals surface area contributed by atoms with Gasteiger partial charge in [0, 0.05) is 0 Å². The highest BCUT2D eigenvalue weighted by Gasteiger charge is 2.13. The summed E-state index contributed by atoms with van der Waals surface area (Å²) in [5, 5.41) is 17.3. The minimum absolute atomic E-state index is 0. The summed E-state index contributed by atoms with van der Waals surface area (Å²) in [6.45, 7) is 0. The fraction of sp³-hybridized carbons (Fsp3) is 0.111. The molecule has 0 aliphatic carbocycles. The SMILES string of the molecule is COc1cc(C(=O)O)ccc1C(=O)O.Cl.Cl. The largest absolute Gasteiger partial charge is 0.496 e. The Morgan fingerprint density at radius 2 is 1.69 bits per heavy atom. The number of carbonyl (C=O) groups is 2. The number of carboxylic acid groups (broad SMARTS) is 2. The first-order valence-corrected chi connectivity index (χ1v) is 3.71. The maximum absolute atomic E-state index is 10.6. The smallest absolute Gasteiger partial charge is 0.339 e. The summed E-state index contributed by atoms with van der Waals surface area (Å²) in [4.78, 5) is 21.2. The van der Waals surface area contributed by atoms with Crippen LogP contribution in [0.1, 0.15) is 20.7 Å². The van der Waals surface area contributed by atoms with Gasteiger partial charge in [0.1, 0.15) is 11.3 Å². The number of hydrogen-bond donors (Lipinski definition) is 2. The Balaban J connectivity index is 0. The Morgan fingerprint density at radius 1 is 1.12 bits per heavy atom. The van der Waals surface area contributed by atoms with Crippen molar-refractivity contribution >= 4 is 36.8 Å². The van der Waals surface area contributed by atoms with E-state index in [2.05, 4.69) is 0 Å². The van der Waals surface area contributed by atoms with E-state index < -0.39 is 11.9 Å². The van der Waals surface area contributed by atoms with Crippen molar-refractivity contribution in [1.82, 2.24) is 0 Å². The summed E-state index contributed by atoms with van der Waals surface area (Å²) in [5.41, 5.74) is -0.0654. The first kappa shape index (κ1) is 17.0. The zero-order valence-corrected chi connectivity index (χ0v) is 9.80. The predicted molar refractivity (Wildman–Crippen MR) is 61.4 cm³/mol. The summed E-state index contributed by atoms with van der Waals surface area (Å²) in [5.74, 6) is -2.24. The molecule has 0 aromatic heterocycles. The van der Waals surface area contributed by atoms with Gasteiger partial charge in [-0.1, -0.05) is 0 Å². The summed E-state index contributed by atoms with van der Waals surface area (Å²) in [6, 6.07) is 3.59. The van der Waals surface area contributed by atoms with Crippen LogP contribution in [0.15, 0.2) is 18.2 Å². The summed E-state index contributed by atoms with van der Waals surface area (Å²) in [6.07, 6.45) is 0. The van der Waals surface area contributed by atoms with E-state index in [1.165, 1.54) is 25.3 Å². The molecule has 2 N–H and O–H groups in total. The van der Waals surface area contributed by atoms with Gasteiger partial charge in [0.25, 0.3) is 0 Å². The van der Waals surface area contributed by atoms with E-state index in [-0.39, 0.29) is 41.7 Å². The molecule has 0 saturated carbocycles. The number of methoxy groups -OCH3 is 1.